The van der Waals surface area contributed by atoms with Crippen molar-refractivity contribution in [1.82, 2.24) is 0 Å². The van der Waals surface area contributed by atoms with E-state index >= 15 is 0 Å². The third kappa shape index (κ3) is 4.84. The topological polar surface area (TPSA) is 93.2 Å². The van der Waals surface area contributed by atoms with Crippen LogP contribution in [0.2, 0.25) is 0 Å². The molecule has 5 nitrogen and oxygen atoms in total. The van der Waals surface area contributed by atoms with Gasteiger partial charge in [-0.1, -0.05) is 18.2 Å². The Labute approximate surface area is 107 Å². The molecule has 0 fully saturated rings. The molecular formula is C12H16N2O3S. The Morgan fingerprint density at radius 2 is 2.00 bits per heavy atom. The van der Waals surface area contributed by atoms with Gasteiger partial charge in [-0.2, -0.15) is 5.26 Å². The molecular weight excluding hydrogens is 252 g/mol. The maximum Gasteiger partial charge on any atom is 0.156 e. The fourth-order valence-electron chi connectivity index (χ4n) is 1.44. The quantitative estimate of drug-likeness (QED) is 0.725. The molecule has 0 bridgehead atoms. The molecule has 0 spiro atoms. The van der Waals surface area contributed by atoms with Gasteiger partial charge < -0.3 is 10.5 Å². The highest BCUT2D eigenvalue weighted by Gasteiger charge is 2.14. The lowest BCUT2D eigenvalue weighted by Crippen LogP contribution is -2.17. The summed E-state index contributed by atoms with van der Waals surface area (Å²) in [6.45, 7) is 0.857. The van der Waals surface area contributed by atoms with Crippen LogP contribution < -0.4 is 5.73 Å². The van der Waals surface area contributed by atoms with Gasteiger partial charge in [-0.05, 0) is 11.6 Å². The summed E-state index contributed by atoms with van der Waals surface area (Å²) in [6, 6.07) is 8.67. The first-order valence-corrected chi connectivity index (χ1v) is 7.37. The van der Waals surface area contributed by atoms with Gasteiger partial charge in [-0.15, -0.1) is 0 Å². The minimum absolute atomic E-state index is 0.0627. The van der Waals surface area contributed by atoms with Gasteiger partial charge in [0.2, 0.25) is 0 Å². The Balaban J connectivity index is 2.63. The SMILES string of the molecule is N#Cc1ccccc1CS(=O)(=O)CCOCCN. The Hall–Kier alpha value is -1.42. The molecule has 0 heterocycles. The van der Waals surface area contributed by atoms with E-state index in [1.54, 1.807) is 24.3 Å². The minimum Gasteiger partial charge on any atom is -0.379 e. The Kier molecular flexibility index (Phi) is 5.78. The predicted octanol–water partition coefficient (Wildman–Crippen LogP) is 0.448. The summed E-state index contributed by atoms with van der Waals surface area (Å²) in [4.78, 5) is 0. The van der Waals surface area contributed by atoms with Crippen molar-refractivity contribution in [2.24, 2.45) is 5.73 Å². The average molecular weight is 268 g/mol. The normalized spacial score (nSPS) is 11.1. The molecule has 98 valence electrons. The lowest BCUT2D eigenvalue weighted by molar-refractivity contribution is 0.157. The van der Waals surface area contributed by atoms with Gasteiger partial charge in [-0.25, -0.2) is 8.42 Å². The van der Waals surface area contributed by atoms with E-state index < -0.39 is 9.84 Å². The summed E-state index contributed by atoms with van der Waals surface area (Å²) in [5.74, 6) is -0.199. The zero-order valence-electron chi connectivity index (χ0n) is 10.0. The number of benzene rings is 1. The number of rotatable bonds is 7. The van der Waals surface area contributed by atoms with Crippen LogP contribution in [-0.2, 0) is 20.3 Å². The zero-order chi connectivity index (χ0) is 13.4. The molecule has 0 aliphatic rings. The zero-order valence-corrected chi connectivity index (χ0v) is 10.8. The van der Waals surface area contributed by atoms with E-state index in [9.17, 15) is 8.42 Å². The summed E-state index contributed by atoms with van der Waals surface area (Å²) in [7, 11) is -3.26. The summed E-state index contributed by atoms with van der Waals surface area (Å²) < 4.78 is 28.7. The molecule has 0 atom stereocenters. The van der Waals surface area contributed by atoms with Crippen LogP contribution in [0.4, 0.5) is 0 Å². The van der Waals surface area contributed by atoms with Crippen LogP contribution in [-0.4, -0.2) is 33.9 Å². The summed E-state index contributed by atoms with van der Waals surface area (Å²) in [6.07, 6.45) is 0. The van der Waals surface area contributed by atoms with Gasteiger partial charge in [-0.3, -0.25) is 0 Å². The molecule has 18 heavy (non-hydrogen) atoms. The van der Waals surface area contributed by atoms with Crippen molar-refractivity contribution in [3.8, 4) is 6.07 Å². The highest BCUT2D eigenvalue weighted by molar-refractivity contribution is 7.90. The molecule has 0 amide bonds. The molecule has 2 N–H and O–H groups in total. The van der Waals surface area contributed by atoms with E-state index in [0.717, 1.165) is 0 Å². The van der Waals surface area contributed by atoms with Crippen LogP contribution >= 0.6 is 0 Å². The summed E-state index contributed by atoms with van der Waals surface area (Å²) >= 11 is 0. The third-order valence-electron chi connectivity index (χ3n) is 2.31. The standard InChI is InChI=1S/C12H16N2O3S/c13-5-6-17-7-8-18(15,16)10-12-4-2-1-3-11(12)9-14/h1-4H,5-8,10,13H2. The van der Waals surface area contributed by atoms with Gasteiger partial charge in [0.1, 0.15) is 0 Å². The second-order valence-electron chi connectivity index (χ2n) is 3.76. The van der Waals surface area contributed by atoms with E-state index in [1.165, 1.54) is 0 Å². The molecule has 0 radical (unpaired) electrons. The van der Waals surface area contributed by atoms with Crippen LogP contribution in [0, 0.1) is 11.3 Å². The Bertz CT molecular complexity index is 520. The summed E-state index contributed by atoms with van der Waals surface area (Å²) in [5.41, 5.74) is 6.15. The van der Waals surface area contributed by atoms with Crippen molar-refractivity contribution in [3.63, 3.8) is 0 Å². The van der Waals surface area contributed by atoms with Crippen LogP contribution in [0.1, 0.15) is 11.1 Å². The van der Waals surface area contributed by atoms with Gasteiger partial charge >= 0.3 is 0 Å². The first-order chi connectivity index (χ1) is 8.59. The molecule has 0 aromatic heterocycles. The van der Waals surface area contributed by atoms with Crippen LogP contribution in [0.5, 0.6) is 0 Å². The van der Waals surface area contributed by atoms with Crippen molar-refractivity contribution < 1.29 is 13.2 Å². The maximum atomic E-state index is 11.8. The van der Waals surface area contributed by atoms with E-state index in [1.807, 2.05) is 6.07 Å². The van der Waals surface area contributed by atoms with Crippen molar-refractivity contribution >= 4 is 9.84 Å². The molecule has 1 aromatic rings. The van der Waals surface area contributed by atoms with E-state index in [4.69, 9.17) is 15.7 Å². The highest BCUT2D eigenvalue weighted by Crippen LogP contribution is 2.12. The fourth-order valence-corrected chi connectivity index (χ4v) is 2.68. The smallest absolute Gasteiger partial charge is 0.156 e. The van der Waals surface area contributed by atoms with Crippen molar-refractivity contribution in [3.05, 3.63) is 35.4 Å². The number of ether oxygens (including phenoxy) is 1. The Morgan fingerprint density at radius 1 is 1.28 bits per heavy atom. The first-order valence-electron chi connectivity index (χ1n) is 5.55. The maximum absolute atomic E-state index is 11.8. The predicted molar refractivity (Wildman–Crippen MR) is 68.5 cm³/mol. The Morgan fingerprint density at radius 3 is 2.67 bits per heavy atom. The lowest BCUT2D eigenvalue weighted by Gasteiger charge is -2.06. The second-order valence-corrected chi connectivity index (χ2v) is 5.95. The van der Waals surface area contributed by atoms with E-state index in [2.05, 4.69) is 0 Å². The van der Waals surface area contributed by atoms with Gasteiger partial charge in [0, 0.05) is 6.54 Å². The first kappa shape index (κ1) is 14.6. The number of hydrogen-bond acceptors (Lipinski definition) is 5. The largest absolute Gasteiger partial charge is 0.379 e. The van der Waals surface area contributed by atoms with E-state index in [0.29, 0.717) is 24.3 Å². The number of nitrogens with zero attached hydrogens (tertiary/aromatic N) is 1. The molecule has 0 aliphatic heterocycles. The third-order valence-corrected chi connectivity index (χ3v) is 3.85. The number of hydrogen-bond donors (Lipinski definition) is 1. The van der Waals surface area contributed by atoms with Gasteiger partial charge in [0.05, 0.1) is 36.4 Å². The number of nitriles is 1. The van der Waals surface area contributed by atoms with Crippen molar-refractivity contribution in [2.45, 2.75) is 5.75 Å². The molecule has 0 unspecified atom stereocenters. The molecule has 1 aromatic carbocycles. The van der Waals surface area contributed by atoms with Gasteiger partial charge in [0.15, 0.2) is 9.84 Å². The molecule has 0 saturated carbocycles. The number of sulfone groups is 1. The average Bonchev–Trinajstić information content (AvgIpc) is 2.35. The fraction of sp³-hybridized carbons (Fsp3) is 0.417. The highest BCUT2D eigenvalue weighted by atomic mass is 32.2. The molecule has 0 aliphatic carbocycles. The van der Waals surface area contributed by atoms with Crippen molar-refractivity contribution in [1.29, 1.82) is 5.26 Å². The summed E-state index contributed by atoms with van der Waals surface area (Å²) in [5, 5.41) is 8.88. The second kappa shape index (κ2) is 7.11. The molecule has 6 heteroatoms. The van der Waals surface area contributed by atoms with Crippen LogP contribution in [0.15, 0.2) is 24.3 Å². The van der Waals surface area contributed by atoms with Crippen LogP contribution in [0.25, 0.3) is 0 Å². The van der Waals surface area contributed by atoms with Crippen molar-refractivity contribution in [2.75, 3.05) is 25.5 Å². The lowest BCUT2D eigenvalue weighted by atomic mass is 10.1. The molecule has 0 saturated heterocycles. The number of nitrogens with two attached hydrogens (primary N) is 1. The van der Waals surface area contributed by atoms with Crippen LogP contribution in [0.3, 0.4) is 0 Å². The van der Waals surface area contributed by atoms with E-state index in [-0.39, 0.29) is 18.1 Å². The van der Waals surface area contributed by atoms with Gasteiger partial charge in [0.25, 0.3) is 0 Å². The minimum atomic E-state index is -3.26. The monoisotopic (exact) mass is 268 g/mol. The molecule has 1 rings (SSSR count).